The van der Waals surface area contributed by atoms with Crippen LogP contribution in [-0.4, -0.2) is 174 Å². The number of hydrogen-bond acceptors (Lipinski definition) is 27. The third-order valence-electron chi connectivity index (χ3n) is 12.2. The summed E-state index contributed by atoms with van der Waals surface area (Å²) in [5.74, 6) is -2.15. The van der Waals surface area contributed by atoms with Crippen molar-refractivity contribution in [3.63, 3.8) is 0 Å². The molecule has 76 heavy (non-hydrogen) atoms. The Balaban J connectivity index is 0.969. The number of amides is 1. The van der Waals surface area contributed by atoms with Gasteiger partial charge in [-0.05, 0) is 0 Å². The van der Waals surface area contributed by atoms with Gasteiger partial charge in [-0.2, -0.15) is 18.2 Å². The van der Waals surface area contributed by atoms with Crippen molar-refractivity contribution in [2.45, 2.75) is 73.5 Å². The summed E-state index contributed by atoms with van der Waals surface area (Å²) in [6.45, 7) is -7.87. The number of nitrogen functional groups attached to an aromatic ring is 2. The number of methoxy groups -OCH3 is 1. The van der Waals surface area contributed by atoms with E-state index in [1.54, 1.807) is 0 Å². The summed E-state index contributed by atoms with van der Waals surface area (Å²) >= 11 is 5.46. The van der Waals surface area contributed by atoms with Crippen LogP contribution in [-0.2, 0) is 78.5 Å². The number of aromatic amines is 2. The Bertz CT molecular complexity index is 3400. The van der Waals surface area contributed by atoms with E-state index in [1.165, 1.54) is 52.4 Å². The molecule has 8 rings (SSSR count). The maximum absolute atomic E-state index is 14.6. The number of phosphoric ester groups is 2. The fourth-order valence-electron chi connectivity index (χ4n) is 8.70. The quantitative estimate of drug-likeness (QED) is 0.0259. The number of hydrogen-bond donors (Lipinski definition) is 10. The molecule has 36 nitrogen and oxygen atoms in total. The molecule has 12 N–H and O–H groups in total. The summed E-state index contributed by atoms with van der Waals surface area (Å²) in [7, 11) is -12.6. The first-order valence-corrected chi connectivity index (χ1v) is 29.1. The Labute approximate surface area is 429 Å². The van der Waals surface area contributed by atoms with E-state index < -0.39 is 152 Å². The molecule has 41 heteroatoms. The number of fused-ring (bicyclic) bond motifs is 2. The SMILES string of the molecule is CO[C@@H]1[C@H](P([O-])(=S)OC[C@H]2O[C@@H](n3ccc(=O)[nH]c3=O)[C@H](O)[C@@H]2O)[C@@H](COP(=O)(O)OP(=O)(O)OP(=O)(O)OC[C@H]2O[C@@H](n3c[n+](C)c4c(=O)[nH]c(N)nc43)[C@H](O)[C@@H]2CC(=O)N(C)C)O[C@H]1n1cnc2c(N)ncnc21. The zero-order valence-electron chi connectivity index (χ0n) is 39.6. The summed E-state index contributed by atoms with van der Waals surface area (Å²) in [5.41, 5.74) is 7.56. The predicted octanol–water partition coefficient (Wildman–Crippen LogP) is -4.59. The summed E-state index contributed by atoms with van der Waals surface area (Å²) in [5, 5.41) is 33.0. The van der Waals surface area contributed by atoms with Gasteiger partial charge in [-0.15, -0.1) is 0 Å². The lowest BCUT2D eigenvalue weighted by Crippen LogP contribution is -2.40. The average Bonchev–Trinajstić information content (AvgIpc) is 4.13. The Morgan fingerprint density at radius 2 is 1.46 bits per heavy atom. The average molecular weight is 1180 g/mol. The molecule has 0 radical (unpaired) electrons. The topological polar surface area (TPSA) is 504 Å². The molecule has 5 aromatic rings. The molecule has 0 spiro atoms. The number of aliphatic hydroxyl groups is 3. The Morgan fingerprint density at radius 1 is 0.842 bits per heavy atom. The van der Waals surface area contributed by atoms with Crippen molar-refractivity contribution in [1.29, 1.82) is 0 Å². The van der Waals surface area contributed by atoms with Crippen LogP contribution in [0.2, 0.25) is 0 Å². The fourth-order valence-corrected chi connectivity index (χ4v) is 14.9. The zero-order valence-corrected chi connectivity index (χ0v) is 44.0. The van der Waals surface area contributed by atoms with Crippen LogP contribution < -0.4 is 37.7 Å². The van der Waals surface area contributed by atoms with Crippen LogP contribution in [0.25, 0.3) is 22.3 Å². The van der Waals surface area contributed by atoms with E-state index in [9.17, 15) is 67.8 Å². The van der Waals surface area contributed by atoms with Crippen LogP contribution >= 0.6 is 30.0 Å². The third-order valence-corrected chi connectivity index (χ3v) is 19.4. The number of nitrogens with two attached hydrogens (primary N) is 2. The van der Waals surface area contributed by atoms with Gasteiger partial charge in [0.15, 0.2) is 23.9 Å². The van der Waals surface area contributed by atoms with Crippen molar-refractivity contribution in [2.75, 3.05) is 52.5 Å². The lowest BCUT2D eigenvalue weighted by atomic mass is 9.94. The fraction of sp³-hybridized carbons (Fsp3) is 0.571. The van der Waals surface area contributed by atoms with Crippen molar-refractivity contribution in [3.8, 4) is 0 Å². The van der Waals surface area contributed by atoms with Gasteiger partial charge in [0.1, 0.15) is 42.4 Å². The van der Waals surface area contributed by atoms with E-state index in [2.05, 4.69) is 33.5 Å². The van der Waals surface area contributed by atoms with Crippen LogP contribution in [0.5, 0.6) is 0 Å². The molecule has 3 saturated heterocycles. The molecule has 5 aromatic heterocycles. The molecule has 3 aliphatic rings. The molecule has 418 valence electrons. The van der Waals surface area contributed by atoms with E-state index >= 15 is 0 Å². The molecule has 0 saturated carbocycles. The van der Waals surface area contributed by atoms with E-state index in [0.717, 1.165) is 30.3 Å². The number of carbonyl (C=O) groups is 1. The number of rotatable bonds is 20. The van der Waals surface area contributed by atoms with E-state index in [-0.39, 0.29) is 34.1 Å². The minimum atomic E-state index is -6.22. The second-order valence-corrected chi connectivity index (χ2v) is 25.5. The summed E-state index contributed by atoms with van der Waals surface area (Å²) in [4.78, 5) is 118. The van der Waals surface area contributed by atoms with Gasteiger partial charge < -0.3 is 74.7 Å². The first kappa shape index (κ1) is 57.5. The highest BCUT2D eigenvalue weighted by atomic mass is 32.5. The van der Waals surface area contributed by atoms with Crippen molar-refractivity contribution in [2.24, 2.45) is 13.0 Å². The molecule has 16 atom stereocenters. The van der Waals surface area contributed by atoms with Gasteiger partial charge in [0.2, 0.25) is 24.4 Å². The summed E-state index contributed by atoms with van der Waals surface area (Å²) in [6.07, 6.45) is -11.9. The molecule has 0 aliphatic carbocycles. The molecule has 4 unspecified atom stereocenters. The number of aromatic nitrogens is 10. The van der Waals surface area contributed by atoms with Crippen LogP contribution in [0.1, 0.15) is 25.1 Å². The number of ether oxygens (including phenoxy) is 4. The Hall–Kier alpha value is -4.65. The Morgan fingerprint density at radius 3 is 2.11 bits per heavy atom. The lowest BCUT2D eigenvalue weighted by Gasteiger charge is -2.39. The summed E-state index contributed by atoms with van der Waals surface area (Å²) in [6, 6.07) is 0.945. The number of H-pyrrole nitrogens is 2. The number of carbonyl (C=O) groups excluding carboxylic acids is 1. The maximum Gasteiger partial charge on any atom is 0.490 e. The first-order valence-electron chi connectivity index (χ1n) is 21.9. The van der Waals surface area contributed by atoms with Crippen molar-refractivity contribution in [3.05, 3.63) is 62.4 Å². The molecule has 1 amide bonds. The van der Waals surface area contributed by atoms with E-state index in [0.29, 0.717) is 0 Å². The van der Waals surface area contributed by atoms with Gasteiger partial charge in [-0.3, -0.25) is 42.5 Å². The first-order chi connectivity index (χ1) is 35.5. The van der Waals surface area contributed by atoms with Gasteiger partial charge in [0, 0.05) is 52.3 Å². The molecule has 3 aliphatic heterocycles. The monoisotopic (exact) mass is 1180 g/mol. The highest BCUT2D eigenvalue weighted by molar-refractivity contribution is 8.09. The largest absolute Gasteiger partial charge is 0.800 e. The minimum Gasteiger partial charge on any atom is -0.800 e. The van der Waals surface area contributed by atoms with Gasteiger partial charge in [0.25, 0.3) is 16.7 Å². The smallest absolute Gasteiger partial charge is 0.490 e. The van der Waals surface area contributed by atoms with Crippen molar-refractivity contribution < 1.29 is 99.1 Å². The molecular weight excluding hydrogens is 1130 g/mol. The number of aliphatic hydroxyl groups excluding tert-OH is 3. The maximum atomic E-state index is 14.6. The predicted molar refractivity (Wildman–Crippen MR) is 252 cm³/mol. The second-order valence-electron chi connectivity index (χ2n) is 17.4. The van der Waals surface area contributed by atoms with Crippen LogP contribution in [0.15, 0.2) is 45.6 Å². The lowest BCUT2D eigenvalue weighted by molar-refractivity contribution is -0.646. The number of phosphoric acid groups is 3. The minimum absolute atomic E-state index is 0.00369. The van der Waals surface area contributed by atoms with Gasteiger partial charge in [-0.1, -0.05) is 11.8 Å². The number of nitrogens with one attached hydrogen (secondary N) is 2. The van der Waals surface area contributed by atoms with Gasteiger partial charge >= 0.3 is 34.7 Å². The highest BCUT2D eigenvalue weighted by Crippen LogP contribution is 2.68. The normalized spacial score (nSPS) is 30.0. The van der Waals surface area contributed by atoms with Crippen LogP contribution in [0, 0.1) is 5.92 Å². The number of anilines is 2. The van der Waals surface area contributed by atoms with Crippen molar-refractivity contribution >= 4 is 81.8 Å². The molecule has 8 heterocycles. The van der Waals surface area contributed by atoms with E-state index in [1.807, 2.05) is 4.98 Å². The third kappa shape index (κ3) is 11.8. The van der Waals surface area contributed by atoms with Crippen LogP contribution in [0.4, 0.5) is 11.8 Å². The number of aryl methyl sites for hydroxylation is 1. The van der Waals surface area contributed by atoms with Gasteiger partial charge in [-0.25, -0.2) is 38.0 Å². The molecular formula is C35H49N13O23P4S. The molecule has 3 fully saturated rings. The zero-order chi connectivity index (χ0) is 55.6. The van der Waals surface area contributed by atoms with Crippen molar-refractivity contribution in [1.82, 2.24) is 48.5 Å². The number of imidazole rings is 2. The molecule has 0 aromatic carbocycles. The van der Waals surface area contributed by atoms with E-state index in [4.69, 9.17) is 55.8 Å². The van der Waals surface area contributed by atoms with Gasteiger partial charge in [0.05, 0.1) is 51.1 Å². The summed E-state index contributed by atoms with van der Waals surface area (Å²) < 4.78 is 91.8. The highest BCUT2D eigenvalue weighted by Gasteiger charge is 2.54. The van der Waals surface area contributed by atoms with Crippen LogP contribution in [0.3, 0.4) is 0 Å². The Kier molecular flexibility index (Phi) is 16.6. The second kappa shape index (κ2) is 21.9. The standard InChI is InChI=1S/C35H49N13O23P4S/c1-44(2)19(50)7-14-15(67-31(22(14)51)48-13-45(3)21-29(48)42-34(37)43-30(21)54)8-65-73(57,58)70-75(61,62)71-74(59,60)66-10-17-26(25(63-4)33(69-17)47-12-40-20-27(36)38-11-39-28(20)47)72(56,76)64-9-16-23(52)24(53)32(68-16)46-6-5-18(49)41-35(46)55/h5-6,11-17,22-26,31-33,51-53H,7-10H2,1-4H3,(H9-,36,37,38,39,41,42,43,49,54,55,56,57,58,59,60,61,62,76)/t14-,15-,16-,17-,22-,23-,24-,25-,26-,31-,32-,33-,72?/m1/s1. The number of nitrogens with zero attached hydrogens (tertiary/aromatic N) is 9. The molecule has 0 bridgehead atoms.